The van der Waals surface area contributed by atoms with E-state index in [1.807, 2.05) is 66.5 Å². The molecule has 0 amide bonds. The number of hydrogen-bond donors (Lipinski definition) is 0. The zero-order valence-corrected chi connectivity index (χ0v) is 16.4. The third-order valence-electron chi connectivity index (χ3n) is 4.91. The quantitative estimate of drug-likeness (QED) is 0.397. The monoisotopic (exact) mass is 386 g/mol. The van der Waals surface area contributed by atoms with Crippen molar-refractivity contribution in [1.82, 2.24) is 19.7 Å². The van der Waals surface area contributed by atoms with Crippen molar-refractivity contribution in [1.29, 1.82) is 0 Å². The summed E-state index contributed by atoms with van der Waals surface area (Å²) in [6.07, 6.45) is 5.61. The van der Waals surface area contributed by atoms with Crippen molar-refractivity contribution in [2.24, 2.45) is 7.05 Å². The molecular weight excluding hydrogens is 368 g/mol. The topological polar surface area (TPSA) is 43.6 Å². The lowest BCUT2D eigenvalue weighted by Gasteiger charge is -2.03. The number of para-hydroxylation sites is 1. The highest BCUT2D eigenvalue weighted by molar-refractivity contribution is 5.81. The van der Waals surface area contributed by atoms with Crippen LogP contribution in [0.3, 0.4) is 0 Å². The molecule has 0 saturated heterocycles. The van der Waals surface area contributed by atoms with Crippen molar-refractivity contribution in [3.8, 4) is 34.2 Å². The van der Waals surface area contributed by atoms with Gasteiger partial charge in [-0.1, -0.05) is 42.3 Å². The predicted molar refractivity (Wildman–Crippen MR) is 120 cm³/mol. The van der Waals surface area contributed by atoms with Crippen LogP contribution in [0.25, 0.3) is 33.3 Å². The van der Waals surface area contributed by atoms with E-state index in [2.05, 4.69) is 51.2 Å². The molecule has 3 heterocycles. The second-order valence-electron chi connectivity index (χ2n) is 7.02. The fraction of sp³-hybridized carbons (Fsp3) is 0.0385. The summed E-state index contributed by atoms with van der Waals surface area (Å²) in [6.45, 7) is 0. The third kappa shape index (κ3) is 3.57. The summed E-state index contributed by atoms with van der Waals surface area (Å²) in [5.74, 6) is 6.38. The zero-order chi connectivity index (χ0) is 20.3. The molecule has 0 aliphatic carbocycles. The molecule has 0 radical (unpaired) electrons. The maximum absolute atomic E-state index is 4.63. The highest BCUT2D eigenvalue weighted by atomic mass is 15.2. The fourth-order valence-electron chi connectivity index (χ4n) is 3.43. The van der Waals surface area contributed by atoms with Gasteiger partial charge in [-0.15, -0.1) is 0 Å². The van der Waals surface area contributed by atoms with E-state index in [-0.39, 0.29) is 0 Å². The number of pyridine rings is 2. The summed E-state index contributed by atoms with van der Waals surface area (Å²) in [4.78, 5) is 8.71. The number of fused-ring (bicyclic) bond motifs is 1. The van der Waals surface area contributed by atoms with Crippen LogP contribution >= 0.6 is 0 Å². The van der Waals surface area contributed by atoms with Gasteiger partial charge >= 0.3 is 0 Å². The first-order valence-electron chi connectivity index (χ1n) is 9.68. The molecule has 30 heavy (non-hydrogen) atoms. The van der Waals surface area contributed by atoms with E-state index < -0.39 is 0 Å². The van der Waals surface area contributed by atoms with Crippen LogP contribution in [0.2, 0.25) is 0 Å². The average Bonchev–Trinajstić information content (AvgIpc) is 3.20. The Labute approximate surface area is 174 Å². The Hall–Kier alpha value is -4.23. The summed E-state index contributed by atoms with van der Waals surface area (Å²) < 4.78 is 1.84. The minimum absolute atomic E-state index is 0.769. The lowest BCUT2D eigenvalue weighted by Crippen LogP contribution is -1.87. The van der Waals surface area contributed by atoms with E-state index >= 15 is 0 Å². The molecule has 0 atom stereocenters. The second kappa shape index (κ2) is 7.65. The Morgan fingerprint density at radius 3 is 2.40 bits per heavy atom. The molecule has 0 bridgehead atoms. The first kappa shape index (κ1) is 17.8. The SMILES string of the molecule is Cn1cc(-c2ccc(C#Cc3ccc4ccccc4n3)cc2)c(-c2ccncc2)n1. The highest BCUT2D eigenvalue weighted by Crippen LogP contribution is 2.30. The van der Waals surface area contributed by atoms with E-state index in [4.69, 9.17) is 0 Å². The molecule has 0 saturated carbocycles. The van der Waals surface area contributed by atoms with Gasteiger partial charge in [0.2, 0.25) is 0 Å². The normalized spacial score (nSPS) is 10.6. The maximum atomic E-state index is 4.63. The Bertz CT molecular complexity index is 1390. The van der Waals surface area contributed by atoms with E-state index in [0.29, 0.717) is 0 Å². The van der Waals surface area contributed by atoms with Gasteiger partial charge in [-0.25, -0.2) is 4.98 Å². The molecule has 0 fully saturated rings. The summed E-state index contributed by atoms with van der Waals surface area (Å²) >= 11 is 0. The zero-order valence-electron chi connectivity index (χ0n) is 16.4. The Morgan fingerprint density at radius 1 is 0.767 bits per heavy atom. The van der Waals surface area contributed by atoms with E-state index in [1.165, 1.54) is 0 Å². The molecule has 0 spiro atoms. The van der Waals surface area contributed by atoms with Crippen molar-refractivity contribution in [2.45, 2.75) is 0 Å². The van der Waals surface area contributed by atoms with Crippen LogP contribution in [0.15, 0.2) is 91.4 Å². The Kier molecular flexibility index (Phi) is 4.55. The van der Waals surface area contributed by atoms with E-state index in [0.717, 1.165) is 44.5 Å². The lowest BCUT2D eigenvalue weighted by atomic mass is 10.0. The number of nitrogens with zero attached hydrogens (tertiary/aromatic N) is 4. The summed E-state index contributed by atoms with van der Waals surface area (Å²) in [5, 5.41) is 5.75. The first-order valence-corrected chi connectivity index (χ1v) is 9.68. The van der Waals surface area contributed by atoms with Gasteiger partial charge in [-0.05, 0) is 47.9 Å². The number of benzene rings is 2. The molecule has 2 aromatic carbocycles. The van der Waals surface area contributed by atoms with Crippen molar-refractivity contribution in [3.63, 3.8) is 0 Å². The minimum atomic E-state index is 0.769. The largest absolute Gasteiger partial charge is 0.275 e. The summed E-state index contributed by atoms with van der Waals surface area (Å²) in [7, 11) is 1.94. The van der Waals surface area contributed by atoms with Crippen LogP contribution in [-0.4, -0.2) is 19.7 Å². The van der Waals surface area contributed by atoms with Gasteiger partial charge < -0.3 is 0 Å². The van der Waals surface area contributed by atoms with Crippen LogP contribution in [0.1, 0.15) is 11.3 Å². The van der Waals surface area contributed by atoms with Crippen LogP contribution in [0.5, 0.6) is 0 Å². The third-order valence-corrected chi connectivity index (χ3v) is 4.91. The Balaban J connectivity index is 1.44. The molecule has 4 nitrogen and oxygen atoms in total. The molecule has 0 N–H and O–H groups in total. The molecule has 0 aliphatic heterocycles. The molecule has 3 aromatic heterocycles. The number of aryl methyl sites for hydroxylation is 1. The number of aromatic nitrogens is 4. The Morgan fingerprint density at radius 2 is 1.57 bits per heavy atom. The molecule has 0 unspecified atom stereocenters. The van der Waals surface area contributed by atoms with Gasteiger partial charge in [0, 0.05) is 47.7 Å². The highest BCUT2D eigenvalue weighted by Gasteiger charge is 2.11. The van der Waals surface area contributed by atoms with Crippen molar-refractivity contribution >= 4 is 10.9 Å². The number of hydrogen-bond acceptors (Lipinski definition) is 3. The van der Waals surface area contributed by atoms with Gasteiger partial charge in [-0.3, -0.25) is 9.67 Å². The van der Waals surface area contributed by atoms with Gasteiger partial charge in [0.25, 0.3) is 0 Å². The summed E-state index contributed by atoms with van der Waals surface area (Å²) in [6, 6.07) is 24.3. The van der Waals surface area contributed by atoms with Gasteiger partial charge in [0.15, 0.2) is 0 Å². The van der Waals surface area contributed by atoms with Crippen LogP contribution in [0.4, 0.5) is 0 Å². The minimum Gasteiger partial charge on any atom is -0.275 e. The maximum Gasteiger partial charge on any atom is 0.114 e. The van der Waals surface area contributed by atoms with Gasteiger partial charge in [-0.2, -0.15) is 5.10 Å². The lowest BCUT2D eigenvalue weighted by molar-refractivity contribution is 0.771. The average molecular weight is 386 g/mol. The fourth-order valence-corrected chi connectivity index (χ4v) is 3.43. The second-order valence-corrected chi connectivity index (χ2v) is 7.02. The van der Waals surface area contributed by atoms with Crippen molar-refractivity contribution in [3.05, 3.63) is 103 Å². The van der Waals surface area contributed by atoms with Gasteiger partial charge in [0.05, 0.1) is 5.52 Å². The first-order chi connectivity index (χ1) is 14.8. The van der Waals surface area contributed by atoms with E-state index in [9.17, 15) is 0 Å². The van der Waals surface area contributed by atoms with E-state index in [1.54, 1.807) is 12.4 Å². The van der Waals surface area contributed by atoms with Crippen LogP contribution in [-0.2, 0) is 7.05 Å². The van der Waals surface area contributed by atoms with Crippen molar-refractivity contribution in [2.75, 3.05) is 0 Å². The molecule has 4 heteroatoms. The predicted octanol–water partition coefficient (Wildman–Crippen LogP) is 5.10. The standard InChI is InChI=1S/C26H18N4/c1-30-18-24(26(29-30)22-14-16-27-17-15-22)20-9-6-19(7-10-20)8-12-23-13-11-21-4-2-3-5-25(21)28-23/h2-7,9-11,13-18H,1H3. The van der Waals surface area contributed by atoms with Crippen LogP contribution < -0.4 is 0 Å². The molecule has 5 rings (SSSR count). The molecule has 142 valence electrons. The van der Waals surface area contributed by atoms with Crippen molar-refractivity contribution < 1.29 is 0 Å². The van der Waals surface area contributed by atoms with Gasteiger partial charge in [0.1, 0.15) is 11.4 Å². The number of rotatable bonds is 2. The molecule has 0 aliphatic rings. The molecular formula is C26H18N4. The summed E-state index contributed by atoms with van der Waals surface area (Å²) in [5.41, 5.74) is 6.85. The smallest absolute Gasteiger partial charge is 0.114 e. The molecule has 5 aromatic rings. The van der Waals surface area contributed by atoms with Crippen LogP contribution in [0, 0.1) is 11.8 Å².